The van der Waals surface area contributed by atoms with Gasteiger partial charge in [0.25, 0.3) is 0 Å². The number of hydrogen-bond acceptors (Lipinski definition) is 8. The largest absolute Gasteiger partial charge is 0.463 e. The van der Waals surface area contributed by atoms with Crippen LogP contribution in [0.15, 0.2) is 24.3 Å². The zero-order chi connectivity index (χ0) is 23.1. The molecule has 0 saturated carbocycles. The van der Waals surface area contributed by atoms with Crippen molar-refractivity contribution < 1.29 is 24.2 Å². The summed E-state index contributed by atoms with van der Waals surface area (Å²) in [6.07, 6.45) is 2.09. The molecule has 3 rings (SSSR count). The predicted molar refractivity (Wildman–Crippen MR) is 122 cm³/mol. The number of imidazole rings is 1. The molecule has 6 N–H and O–H groups in total. The van der Waals surface area contributed by atoms with Crippen LogP contribution in [0.4, 0.5) is 11.8 Å². The van der Waals surface area contributed by atoms with Crippen LogP contribution in [-0.4, -0.2) is 54.2 Å². The van der Waals surface area contributed by atoms with Crippen molar-refractivity contribution in [2.24, 2.45) is 0 Å². The number of aliphatic hydroxyl groups is 1. The molecule has 0 fully saturated rings. The lowest BCUT2D eigenvalue weighted by molar-refractivity contribution is 0.225. The van der Waals surface area contributed by atoms with Gasteiger partial charge in [-0.05, 0) is 17.5 Å². The lowest BCUT2D eigenvalue weighted by Crippen LogP contribution is -2.11. The number of nitrogens with zero attached hydrogens (tertiary/aromatic N) is 4. The second kappa shape index (κ2) is 10.7. The molecule has 11 nitrogen and oxygen atoms in total. The summed E-state index contributed by atoms with van der Waals surface area (Å²) in [5.74, 6) is 0.754. The quantitative estimate of drug-likeness (QED) is 0.198. The minimum absolute atomic E-state index is 0.00783. The second-order valence-electron chi connectivity index (χ2n) is 7.43. The fourth-order valence-electron chi connectivity index (χ4n) is 3.20. The molecule has 0 saturated heterocycles. The molecule has 0 aliphatic heterocycles. The van der Waals surface area contributed by atoms with Crippen molar-refractivity contribution in [3.63, 3.8) is 0 Å². The van der Waals surface area contributed by atoms with Gasteiger partial charge in [-0.15, -0.1) is 0 Å². The van der Waals surface area contributed by atoms with E-state index in [1.54, 1.807) is 18.2 Å². The molecule has 1 aromatic carbocycles. The lowest BCUT2D eigenvalue weighted by atomic mass is 10.1. The molecule has 32 heavy (non-hydrogen) atoms. The van der Waals surface area contributed by atoms with Gasteiger partial charge in [-0.1, -0.05) is 37.6 Å². The number of aliphatic hydroxyl groups excluding tert-OH is 1. The topological polar surface area (TPSA) is 169 Å². The van der Waals surface area contributed by atoms with Crippen LogP contribution in [0.2, 0.25) is 0 Å². The lowest BCUT2D eigenvalue weighted by Gasteiger charge is -2.12. The van der Waals surface area contributed by atoms with Gasteiger partial charge in [0.1, 0.15) is 0 Å². The average Bonchev–Trinajstić information content (AvgIpc) is 3.05. The molecule has 0 bridgehead atoms. The molecule has 0 atom stereocenters. The molecular weight excluding hydrogens is 435 g/mol. The van der Waals surface area contributed by atoms with Crippen LogP contribution in [0.25, 0.3) is 11.2 Å². The average molecular weight is 464 g/mol. The number of nitrogen functional groups attached to an aromatic ring is 1. The molecular formula is C20H29N6O5P. The fourth-order valence-corrected chi connectivity index (χ4v) is 3.87. The first-order valence-corrected chi connectivity index (χ1v) is 12.2. The number of fused-ring (bicyclic) bond motifs is 1. The van der Waals surface area contributed by atoms with Crippen molar-refractivity contribution in [3.05, 3.63) is 35.4 Å². The number of aromatic nitrogens is 4. The molecule has 0 aliphatic carbocycles. The smallest absolute Gasteiger partial charge is 0.329 e. The third-order valence-electron chi connectivity index (χ3n) is 4.67. The summed E-state index contributed by atoms with van der Waals surface area (Å²) >= 11 is 0. The van der Waals surface area contributed by atoms with Gasteiger partial charge in [-0.3, -0.25) is 9.13 Å². The molecule has 3 aromatic rings. The Kier molecular flexibility index (Phi) is 8.03. The SMILES string of the molecule is CCCCNc1nc2c(N)nc(OCCCO)nc2n1Cc1cccc(CP(=O)(O)O)c1. The van der Waals surface area contributed by atoms with Gasteiger partial charge in [-0.2, -0.15) is 9.97 Å². The summed E-state index contributed by atoms with van der Waals surface area (Å²) in [5, 5.41) is 12.3. The molecule has 12 heteroatoms. The number of benzene rings is 1. The van der Waals surface area contributed by atoms with Gasteiger partial charge in [-0.25, -0.2) is 4.98 Å². The maximum atomic E-state index is 11.4. The number of rotatable bonds is 12. The Morgan fingerprint density at radius 2 is 1.97 bits per heavy atom. The highest BCUT2D eigenvalue weighted by molar-refractivity contribution is 7.50. The molecule has 0 spiro atoms. The highest BCUT2D eigenvalue weighted by Crippen LogP contribution is 2.39. The Balaban J connectivity index is 1.99. The molecule has 0 aliphatic rings. The van der Waals surface area contributed by atoms with E-state index < -0.39 is 7.60 Å². The second-order valence-corrected chi connectivity index (χ2v) is 9.08. The van der Waals surface area contributed by atoms with Gasteiger partial charge in [0.05, 0.1) is 19.3 Å². The predicted octanol–water partition coefficient (Wildman–Crippen LogP) is 2.11. The number of unbranched alkanes of at least 4 members (excludes halogenated alkanes) is 1. The van der Waals surface area contributed by atoms with E-state index in [4.69, 9.17) is 15.6 Å². The molecule has 0 unspecified atom stereocenters. The van der Waals surface area contributed by atoms with Crippen LogP contribution in [0.3, 0.4) is 0 Å². The van der Waals surface area contributed by atoms with Crippen LogP contribution in [0.5, 0.6) is 6.01 Å². The van der Waals surface area contributed by atoms with Crippen molar-refractivity contribution in [2.75, 3.05) is 30.8 Å². The normalized spacial score (nSPS) is 11.8. The number of nitrogens with one attached hydrogen (secondary N) is 1. The molecule has 2 aromatic heterocycles. The maximum Gasteiger partial charge on any atom is 0.329 e. The van der Waals surface area contributed by atoms with E-state index in [1.165, 1.54) is 0 Å². The summed E-state index contributed by atoms with van der Waals surface area (Å²) in [4.78, 5) is 31.8. The van der Waals surface area contributed by atoms with E-state index >= 15 is 0 Å². The van der Waals surface area contributed by atoms with Crippen molar-refractivity contribution in [1.82, 2.24) is 19.5 Å². The Bertz CT molecular complexity index is 1100. The molecule has 174 valence electrons. The van der Waals surface area contributed by atoms with Gasteiger partial charge < -0.3 is 30.7 Å². The zero-order valence-corrected chi connectivity index (χ0v) is 18.8. The van der Waals surface area contributed by atoms with Crippen molar-refractivity contribution in [1.29, 1.82) is 0 Å². The first-order chi connectivity index (χ1) is 15.3. The fraction of sp³-hybridized carbons (Fsp3) is 0.450. The van der Waals surface area contributed by atoms with E-state index in [1.807, 2.05) is 10.6 Å². The van der Waals surface area contributed by atoms with E-state index in [0.29, 0.717) is 42.2 Å². The van der Waals surface area contributed by atoms with E-state index in [2.05, 4.69) is 27.2 Å². The summed E-state index contributed by atoms with van der Waals surface area (Å²) in [7, 11) is -4.17. The third-order valence-corrected chi connectivity index (χ3v) is 5.45. The van der Waals surface area contributed by atoms with Gasteiger partial charge in [0.15, 0.2) is 17.0 Å². The van der Waals surface area contributed by atoms with Crippen molar-refractivity contribution in [3.8, 4) is 6.01 Å². The summed E-state index contributed by atoms with van der Waals surface area (Å²) in [6, 6.07) is 7.16. The Labute approximate surface area is 185 Å². The highest BCUT2D eigenvalue weighted by atomic mass is 31.2. The van der Waals surface area contributed by atoms with Gasteiger partial charge in [0.2, 0.25) is 5.95 Å². The Morgan fingerprint density at radius 1 is 1.19 bits per heavy atom. The molecule has 2 heterocycles. The van der Waals surface area contributed by atoms with Crippen LogP contribution < -0.4 is 15.8 Å². The summed E-state index contributed by atoms with van der Waals surface area (Å²) in [5.41, 5.74) is 8.40. The van der Waals surface area contributed by atoms with Crippen molar-refractivity contribution in [2.45, 2.75) is 38.9 Å². The minimum Gasteiger partial charge on any atom is -0.463 e. The van der Waals surface area contributed by atoms with Crippen LogP contribution >= 0.6 is 7.60 Å². The monoisotopic (exact) mass is 464 g/mol. The van der Waals surface area contributed by atoms with Gasteiger partial charge in [0, 0.05) is 19.6 Å². The first-order valence-electron chi connectivity index (χ1n) is 10.4. The standard InChI is InChI=1S/C20H29N6O5P/c1-2-3-8-22-19-23-16-17(21)24-20(31-10-5-9-27)25-18(16)26(19)12-14-6-4-7-15(11-14)13-32(28,29)30/h4,6-7,11,27H,2-3,5,8-10,12-13H2,1H3,(H,22,23)(H2,21,24,25)(H2,28,29,30). The van der Waals surface area contributed by atoms with E-state index in [9.17, 15) is 14.4 Å². The number of nitrogens with two attached hydrogens (primary N) is 1. The molecule has 0 radical (unpaired) electrons. The van der Waals surface area contributed by atoms with Crippen molar-refractivity contribution >= 4 is 30.5 Å². The zero-order valence-electron chi connectivity index (χ0n) is 17.9. The van der Waals surface area contributed by atoms with E-state index in [-0.39, 0.29) is 31.2 Å². The third kappa shape index (κ3) is 6.39. The van der Waals surface area contributed by atoms with Crippen LogP contribution in [-0.2, 0) is 17.3 Å². The van der Waals surface area contributed by atoms with Crippen LogP contribution in [0, 0.1) is 0 Å². The Hall–Kier alpha value is -2.72. The maximum absolute atomic E-state index is 11.4. The van der Waals surface area contributed by atoms with Crippen LogP contribution in [0.1, 0.15) is 37.3 Å². The number of hydrogen-bond donors (Lipinski definition) is 5. The molecule has 0 amide bonds. The minimum atomic E-state index is -4.17. The summed E-state index contributed by atoms with van der Waals surface area (Å²) in [6.45, 7) is 3.40. The first kappa shape index (κ1) is 23.9. The van der Waals surface area contributed by atoms with E-state index in [0.717, 1.165) is 18.4 Å². The number of anilines is 2. The Morgan fingerprint density at radius 3 is 2.69 bits per heavy atom. The highest BCUT2D eigenvalue weighted by Gasteiger charge is 2.19. The number of ether oxygens (including phenoxy) is 1. The van der Waals surface area contributed by atoms with Gasteiger partial charge >= 0.3 is 13.6 Å². The summed E-state index contributed by atoms with van der Waals surface area (Å²) < 4.78 is 18.8.